The van der Waals surface area contributed by atoms with Gasteiger partial charge in [0.05, 0.1) is 6.61 Å². The minimum absolute atomic E-state index is 0.159. The highest BCUT2D eigenvalue weighted by Gasteiger charge is 2.41. The lowest BCUT2D eigenvalue weighted by atomic mass is 9.57. The normalized spacial score (nSPS) is 28.8. The molecule has 16 heavy (non-hydrogen) atoms. The minimum atomic E-state index is -0.159. The van der Waals surface area contributed by atoms with Gasteiger partial charge in [0.1, 0.15) is 0 Å². The van der Waals surface area contributed by atoms with Crippen LogP contribution < -0.4 is 0 Å². The van der Waals surface area contributed by atoms with Crippen molar-refractivity contribution in [3.8, 4) is 0 Å². The van der Waals surface area contributed by atoms with Gasteiger partial charge in [-0.25, -0.2) is 0 Å². The average molecular weight is 226 g/mol. The van der Waals surface area contributed by atoms with Crippen LogP contribution in [0.2, 0.25) is 0 Å². The predicted molar refractivity (Wildman–Crippen MR) is 66.2 cm³/mol. The summed E-state index contributed by atoms with van der Waals surface area (Å²) in [6.07, 6.45) is 7.55. The third-order valence-corrected chi connectivity index (χ3v) is 4.59. The first-order chi connectivity index (χ1) is 7.37. The van der Waals surface area contributed by atoms with Gasteiger partial charge in [-0.1, -0.05) is 33.6 Å². The molecule has 0 spiro atoms. The molecular formula is C14H26O2. The Morgan fingerprint density at radius 1 is 1.19 bits per heavy atom. The van der Waals surface area contributed by atoms with E-state index in [1.54, 1.807) is 0 Å². The number of ether oxygens (including phenoxy) is 1. The highest BCUT2D eigenvalue weighted by Crippen LogP contribution is 2.52. The molecule has 0 aromatic carbocycles. The van der Waals surface area contributed by atoms with Crippen LogP contribution in [0.25, 0.3) is 0 Å². The summed E-state index contributed by atoms with van der Waals surface area (Å²) in [4.78, 5) is 10.7. The van der Waals surface area contributed by atoms with Crippen molar-refractivity contribution in [2.24, 2.45) is 10.8 Å². The van der Waals surface area contributed by atoms with Crippen LogP contribution in [0.4, 0.5) is 0 Å². The number of rotatable bonds is 4. The number of carbonyl (C=O) groups is 1. The van der Waals surface area contributed by atoms with Crippen molar-refractivity contribution >= 4 is 5.97 Å². The van der Waals surface area contributed by atoms with E-state index in [1.165, 1.54) is 39.0 Å². The summed E-state index contributed by atoms with van der Waals surface area (Å²) >= 11 is 0. The van der Waals surface area contributed by atoms with Crippen LogP contribution in [-0.2, 0) is 9.53 Å². The van der Waals surface area contributed by atoms with Crippen LogP contribution in [-0.4, -0.2) is 12.6 Å². The van der Waals surface area contributed by atoms with Crippen LogP contribution in [0, 0.1) is 10.8 Å². The maximum Gasteiger partial charge on any atom is 0.302 e. The second-order valence-corrected chi connectivity index (χ2v) is 6.10. The fourth-order valence-corrected chi connectivity index (χ4v) is 2.86. The fraction of sp³-hybridized carbons (Fsp3) is 0.929. The molecule has 1 rings (SSSR count). The molecule has 2 heteroatoms. The van der Waals surface area contributed by atoms with Crippen molar-refractivity contribution in [3.05, 3.63) is 0 Å². The molecule has 0 aromatic rings. The van der Waals surface area contributed by atoms with Crippen LogP contribution in [0.3, 0.4) is 0 Å². The quantitative estimate of drug-likeness (QED) is 0.536. The molecule has 0 unspecified atom stereocenters. The van der Waals surface area contributed by atoms with Gasteiger partial charge in [0.25, 0.3) is 0 Å². The summed E-state index contributed by atoms with van der Waals surface area (Å²) in [5.41, 5.74) is 0.854. The third kappa shape index (κ3) is 3.23. The summed E-state index contributed by atoms with van der Waals surface area (Å²) in [5, 5.41) is 0. The first-order valence-corrected chi connectivity index (χ1v) is 6.51. The second kappa shape index (κ2) is 5.20. The lowest BCUT2D eigenvalue weighted by molar-refractivity contribution is -0.141. The van der Waals surface area contributed by atoms with Crippen LogP contribution in [0.1, 0.15) is 66.2 Å². The number of hydrogen-bond donors (Lipinski definition) is 0. The predicted octanol–water partition coefficient (Wildman–Crippen LogP) is 3.94. The smallest absolute Gasteiger partial charge is 0.302 e. The van der Waals surface area contributed by atoms with E-state index in [0.717, 1.165) is 6.42 Å². The minimum Gasteiger partial charge on any atom is -0.466 e. The summed E-state index contributed by atoms with van der Waals surface area (Å²) in [5.74, 6) is -0.159. The lowest BCUT2D eigenvalue weighted by Crippen LogP contribution is -2.38. The monoisotopic (exact) mass is 226 g/mol. The fourth-order valence-electron chi connectivity index (χ4n) is 2.86. The number of carbonyl (C=O) groups excluding carboxylic acids is 1. The zero-order chi connectivity index (χ0) is 12.2. The molecular weight excluding hydrogens is 200 g/mol. The molecule has 1 atom stereocenters. The van der Waals surface area contributed by atoms with Gasteiger partial charge in [-0.15, -0.1) is 0 Å². The molecule has 0 saturated heterocycles. The van der Waals surface area contributed by atoms with Gasteiger partial charge < -0.3 is 4.74 Å². The Balaban J connectivity index is 2.40. The third-order valence-electron chi connectivity index (χ3n) is 4.59. The highest BCUT2D eigenvalue weighted by molar-refractivity contribution is 5.65. The van der Waals surface area contributed by atoms with E-state index in [-0.39, 0.29) is 5.97 Å². The maximum atomic E-state index is 10.7. The van der Waals surface area contributed by atoms with Gasteiger partial charge in [0.15, 0.2) is 0 Å². The van der Waals surface area contributed by atoms with Gasteiger partial charge in [-0.2, -0.15) is 0 Å². The van der Waals surface area contributed by atoms with Crippen molar-refractivity contribution in [3.63, 3.8) is 0 Å². The Bertz CT molecular complexity index is 245. The van der Waals surface area contributed by atoms with Gasteiger partial charge >= 0.3 is 5.97 Å². The van der Waals surface area contributed by atoms with Gasteiger partial charge in [-0.3, -0.25) is 4.79 Å². The van der Waals surface area contributed by atoms with Crippen molar-refractivity contribution in [1.82, 2.24) is 0 Å². The number of esters is 1. The molecule has 1 saturated carbocycles. The van der Waals surface area contributed by atoms with E-state index in [4.69, 9.17) is 4.74 Å². The van der Waals surface area contributed by atoms with Crippen LogP contribution >= 0.6 is 0 Å². The summed E-state index contributed by atoms with van der Waals surface area (Å²) in [6, 6.07) is 0. The Morgan fingerprint density at radius 3 is 2.38 bits per heavy atom. The van der Waals surface area contributed by atoms with E-state index in [2.05, 4.69) is 20.8 Å². The van der Waals surface area contributed by atoms with Gasteiger partial charge in [-0.05, 0) is 36.5 Å². The Labute approximate surface area is 99.8 Å². The molecule has 0 amide bonds. The first kappa shape index (κ1) is 13.5. The molecule has 0 aromatic heterocycles. The van der Waals surface area contributed by atoms with E-state index in [0.29, 0.717) is 17.4 Å². The van der Waals surface area contributed by atoms with Crippen molar-refractivity contribution in [2.45, 2.75) is 66.2 Å². The molecule has 94 valence electrons. The Morgan fingerprint density at radius 2 is 1.81 bits per heavy atom. The lowest BCUT2D eigenvalue weighted by Gasteiger charge is -2.48. The molecule has 0 radical (unpaired) electrons. The molecule has 1 fully saturated rings. The Kier molecular flexibility index (Phi) is 4.40. The van der Waals surface area contributed by atoms with E-state index < -0.39 is 0 Å². The van der Waals surface area contributed by atoms with E-state index in [9.17, 15) is 4.79 Å². The summed E-state index contributed by atoms with van der Waals surface area (Å²) in [6.45, 7) is 9.24. The van der Waals surface area contributed by atoms with E-state index in [1.807, 2.05) is 0 Å². The second-order valence-electron chi connectivity index (χ2n) is 6.10. The maximum absolute atomic E-state index is 10.7. The van der Waals surface area contributed by atoms with Crippen molar-refractivity contribution in [1.29, 1.82) is 0 Å². The molecule has 0 heterocycles. The summed E-state index contributed by atoms with van der Waals surface area (Å²) < 4.78 is 5.01. The number of hydrogen-bond acceptors (Lipinski definition) is 2. The first-order valence-electron chi connectivity index (χ1n) is 6.51. The molecule has 1 aliphatic rings. The molecule has 0 bridgehead atoms. The van der Waals surface area contributed by atoms with Crippen LogP contribution in [0.5, 0.6) is 0 Å². The Hall–Kier alpha value is -0.530. The zero-order valence-electron chi connectivity index (χ0n) is 11.3. The highest BCUT2D eigenvalue weighted by atomic mass is 16.5. The zero-order valence-corrected chi connectivity index (χ0v) is 11.3. The largest absolute Gasteiger partial charge is 0.466 e. The van der Waals surface area contributed by atoms with E-state index >= 15 is 0 Å². The molecule has 0 N–H and O–H groups in total. The van der Waals surface area contributed by atoms with Crippen LogP contribution in [0.15, 0.2) is 0 Å². The van der Waals surface area contributed by atoms with Crippen molar-refractivity contribution in [2.75, 3.05) is 6.61 Å². The standard InChI is InChI=1S/C14H26O2/c1-12(15)16-11-7-10-14(4)9-6-5-8-13(14,2)3/h5-11H2,1-4H3/t14-/m0/s1. The van der Waals surface area contributed by atoms with Gasteiger partial charge in [0, 0.05) is 6.92 Å². The SMILES string of the molecule is CC(=O)OCCC[C@]1(C)CCCCC1(C)C. The topological polar surface area (TPSA) is 26.3 Å². The van der Waals surface area contributed by atoms with Gasteiger partial charge in [0.2, 0.25) is 0 Å². The molecule has 2 nitrogen and oxygen atoms in total. The molecule has 0 aliphatic heterocycles. The average Bonchev–Trinajstić information content (AvgIpc) is 2.18. The van der Waals surface area contributed by atoms with Crippen molar-refractivity contribution < 1.29 is 9.53 Å². The molecule has 1 aliphatic carbocycles. The summed E-state index contributed by atoms with van der Waals surface area (Å²) in [7, 11) is 0.